The molecule has 27 heavy (non-hydrogen) atoms. The van der Waals surface area contributed by atoms with Gasteiger partial charge in [-0.1, -0.05) is 54.1 Å². The summed E-state index contributed by atoms with van der Waals surface area (Å²) in [5.41, 5.74) is 2.50. The zero-order valence-corrected chi connectivity index (χ0v) is 15.8. The average Bonchev–Trinajstić information content (AvgIpc) is 3.01. The Bertz CT molecular complexity index is 1220. The highest BCUT2D eigenvalue weighted by molar-refractivity contribution is 7.87. The second-order valence-corrected chi connectivity index (χ2v) is 7.90. The molecule has 3 aromatic carbocycles. The van der Waals surface area contributed by atoms with E-state index in [0.717, 1.165) is 16.6 Å². The molecule has 1 aromatic heterocycles. The summed E-state index contributed by atoms with van der Waals surface area (Å²) in [6.45, 7) is 3.78. The Kier molecular flexibility index (Phi) is 4.20. The third-order valence-corrected chi connectivity index (χ3v) is 5.58. The van der Waals surface area contributed by atoms with Gasteiger partial charge in [0.25, 0.3) is 0 Å². The number of hydrogen-bond acceptors (Lipinski definition) is 4. The van der Waals surface area contributed by atoms with Crippen LogP contribution in [-0.2, 0) is 10.1 Å². The fourth-order valence-electron chi connectivity index (χ4n) is 2.98. The van der Waals surface area contributed by atoms with E-state index in [1.807, 2.05) is 55.5 Å². The maximum atomic E-state index is 13.0. The van der Waals surface area contributed by atoms with Gasteiger partial charge in [0.2, 0.25) is 5.88 Å². The Balaban J connectivity index is 1.79. The first-order valence-corrected chi connectivity index (χ1v) is 9.91. The fraction of sp³-hybridized carbons (Fsp3) is 0.0952. The molecule has 0 amide bonds. The molecule has 0 saturated heterocycles. The Hall–Kier alpha value is -3.12. The van der Waals surface area contributed by atoms with Crippen molar-refractivity contribution in [3.8, 4) is 11.6 Å². The van der Waals surface area contributed by atoms with Crippen molar-refractivity contribution in [3.05, 3.63) is 84.1 Å². The highest BCUT2D eigenvalue weighted by Crippen LogP contribution is 2.27. The van der Waals surface area contributed by atoms with Gasteiger partial charge >= 0.3 is 10.1 Å². The molecule has 0 N–H and O–H groups in total. The normalized spacial score (nSPS) is 11.6. The molecule has 0 unspecified atom stereocenters. The van der Waals surface area contributed by atoms with E-state index in [1.165, 1.54) is 4.68 Å². The van der Waals surface area contributed by atoms with Gasteiger partial charge in [0, 0.05) is 11.5 Å². The maximum absolute atomic E-state index is 13.0. The Morgan fingerprint density at radius 1 is 0.889 bits per heavy atom. The van der Waals surface area contributed by atoms with Gasteiger partial charge in [-0.2, -0.15) is 18.2 Å². The second-order valence-electron chi connectivity index (χ2n) is 6.39. The molecule has 0 aliphatic rings. The van der Waals surface area contributed by atoms with E-state index in [0.29, 0.717) is 11.1 Å². The van der Waals surface area contributed by atoms with Crippen molar-refractivity contribution in [1.82, 2.24) is 9.78 Å². The van der Waals surface area contributed by atoms with Crippen LogP contribution < -0.4 is 4.18 Å². The van der Waals surface area contributed by atoms with Gasteiger partial charge < -0.3 is 4.18 Å². The molecule has 1 heterocycles. The van der Waals surface area contributed by atoms with E-state index in [4.69, 9.17) is 4.18 Å². The van der Waals surface area contributed by atoms with Crippen LogP contribution >= 0.6 is 0 Å². The molecule has 0 bridgehead atoms. The number of nitrogens with zero attached hydrogens (tertiary/aromatic N) is 2. The Morgan fingerprint density at radius 3 is 2.37 bits per heavy atom. The van der Waals surface area contributed by atoms with Gasteiger partial charge in [0.05, 0.1) is 11.4 Å². The molecule has 4 rings (SSSR count). The van der Waals surface area contributed by atoms with Crippen LogP contribution in [0.2, 0.25) is 0 Å². The van der Waals surface area contributed by atoms with Crippen LogP contribution in [0, 0.1) is 13.8 Å². The van der Waals surface area contributed by atoms with Crippen molar-refractivity contribution >= 4 is 20.9 Å². The fourth-order valence-corrected chi connectivity index (χ4v) is 4.11. The van der Waals surface area contributed by atoms with Gasteiger partial charge in [-0.3, -0.25) is 0 Å². The first-order valence-electron chi connectivity index (χ1n) is 8.50. The molecule has 0 atom stereocenters. The van der Waals surface area contributed by atoms with Gasteiger partial charge in [0.15, 0.2) is 0 Å². The Labute approximate surface area is 158 Å². The Morgan fingerprint density at radius 2 is 1.59 bits per heavy atom. The molecular weight excluding hydrogens is 360 g/mol. The van der Waals surface area contributed by atoms with Crippen molar-refractivity contribution in [1.29, 1.82) is 0 Å². The van der Waals surface area contributed by atoms with Gasteiger partial charge in [-0.05, 0) is 37.4 Å². The zero-order valence-electron chi connectivity index (χ0n) is 15.0. The monoisotopic (exact) mass is 378 g/mol. The van der Waals surface area contributed by atoms with Crippen LogP contribution in [0.4, 0.5) is 0 Å². The quantitative estimate of drug-likeness (QED) is 0.494. The van der Waals surface area contributed by atoms with Crippen LogP contribution in [0.3, 0.4) is 0 Å². The summed E-state index contributed by atoms with van der Waals surface area (Å²) in [5, 5.41) is 5.84. The largest absolute Gasteiger partial charge is 0.358 e. The predicted octanol–water partition coefficient (Wildman–Crippen LogP) is 4.41. The lowest BCUT2D eigenvalue weighted by Crippen LogP contribution is -2.13. The molecule has 0 saturated carbocycles. The number of rotatable bonds is 4. The molecule has 5 nitrogen and oxygen atoms in total. The minimum absolute atomic E-state index is 0.134. The highest BCUT2D eigenvalue weighted by atomic mass is 32.2. The topological polar surface area (TPSA) is 61.2 Å². The summed E-state index contributed by atoms with van der Waals surface area (Å²) in [6, 6.07) is 21.7. The molecule has 0 aliphatic heterocycles. The first kappa shape index (κ1) is 17.3. The second kappa shape index (κ2) is 6.55. The van der Waals surface area contributed by atoms with Crippen LogP contribution in [0.5, 0.6) is 5.88 Å². The lowest BCUT2D eigenvalue weighted by molar-refractivity contribution is 0.466. The SMILES string of the molecule is Cc1ccc(-n2nc(C)cc2OS(=O)(=O)c2cccc3ccccc23)cc1. The van der Waals surface area contributed by atoms with E-state index < -0.39 is 10.1 Å². The lowest BCUT2D eigenvalue weighted by atomic mass is 10.1. The molecule has 0 fully saturated rings. The summed E-state index contributed by atoms with van der Waals surface area (Å²) in [5.74, 6) is 0.157. The number of benzene rings is 3. The van der Waals surface area contributed by atoms with Gasteiger partial charge in [-0.15, -0.1) is 0 Å². The molecule has 0 aliphatic carbocycles. The van der Waals surface area contributed by atoms with E-state index in [9.17, 15) is 8.42 Å². The first-order chi connectivity index (χ1) is 12.9. The van der Waals surface area contributed by atoms with Crippen LogP contribution in [-0.4, -0.2) is 18.2 Å². The number of fused-ring (bicyclic) bond motifs is 1. The number of aryl methyl sites for hydroxylation is 2. The highest BCUT2D eigenvalue weighted by Gasteiger charge is 2.22. The number of hydrogen-bond donors (Lipinski definition) is 0. The summed E-state index contributed by atoms with van der Waals surface area (Å²) in [4.78, 5) is 0.134. The van der Waals surface area contributed by atoms with Crippen molar-refractivity contribution in [2.45, 2.75) is 18.7 Å². The van der Waals surface area contributed by atoms with Crippen LogP contribution in [0.15, 0.2) is 77.7 Å². The van der Waals surface area contributed by atoms with Gasteiger partial charge in [0.1, 0.15) is 4.90 Å². The van der Waals surface area contributed by atoms with E-state index in [1.54, 1.807) is 31.2 Å². The minimum atomic E-state index is -4.03. The molecule has 0 spiro atoms. The predicted molar refractivity (Wildman–Crippen MR) is 105 cm³/mol. The smallest absolute Gasteiger partial charge is 0.341 e. The third-order valence-electron chi connectivity index (χ3n) is 4.29. The zero-order chi connectivity index (χ0) is 19.0. The molecular formula is C21H18N2O3S. The van der Waals surface area contributed by atoms with Crippen LogP contribution in [0.1, 0.15) is 11.3 Å². The summed E-state index contributed by atoms with van der Waals surface area (Å²) in [7, 11) is -4.03. The third kappa shape index (κ3) is 3.31. The van der Waals surface area contributed by atoms with Crippen molar-refractivity contribution in [2.24, 2.45) is 0 Å². The lowest BCUT2D eigenvalue weighted by Gasteiger charge is -2.11. The van der Waals surface area contributed by atoms with Gasteiger partial charge in [-0.25, -0.2) is 0 Å². The van der Waals surface area contributed by atoms with E-state index in [-0.39, 0.29) is 10.8 Å². The molecule has 136 valence electrons. The standard InChI is InChI=1S/C21H18N2O3S/c1-15-10-12-18(13-11-15)23-21(14-16(2)22-23)26-27(24,25)20-9-5-7-17-6-3-4-8-19(17)20/h3-14H,1-2H3. The van der Waals surface area contributed by atoms with Crippen molar-refractivity contribution in [3.63, 3.8) is 0 Å². The van der Waals surface area contributed by atoms with E-state index in [2.05, 4.69) is 5.10 Å². The van der Waals surface area contributed by atoms with E-state index >= 15 is 0 Å². The summed E-state index contributed by atoms with van der Waals surface area (Å²) < 4.78 is 33.0. The minimum Gasteiger partial charge on any atom is -0.358 e. The molecule has 0 radical (unpaired) electrons. The molecule has 6 heteroatoms. The summed E-state index contributed by atoms with van der Waals surface area (Å²) >= 11 is 0. The average molecular weight is 378 g/mol. The number of aromatic nitrogens is 2. The molecule has 4 aromatic rings. The summed E-state index contributed by atoms with van der Waals surface area (Å²) in [6.07, 6.45) is 0. The van der Waals surface area contributed by atoms with Crippen LogP contribution in [0.25, 0.3) is 16.5 Å². The van der Waals surface area contributed by atoms with Crippen molar-refractivity contribution in [2.75, 3.05) is 0 Å². The maximum Gasteiger partial charge on any atom is 0.341 e. The van der Waals surface area contributed by atoms with Crippen molar-refractivity contribution < 1.29 is 12.6 Å².